The number of hydrogen-bond donors (Lipinski definition) is 0. The summed E-state index contributed by atoms with van der Waals surface area (Å²) in [6.45, 7) is 9.76. The summed E-state index contributed by atoms with van der Waals surface area (Å²) >= 11 is 6.19. The Bertz CT molecular complexity index is 964. The fraction of sp³-hybridized carbons (Fsp3) is 0.538. The zero-order valence-corrected chi connectivity index (χ0v) is 20.4. The van der Waals surface area contributed by atoms with Crippen LogP contribution in [0.15, 0.2) is 36.5 Å². The van der Waals surface area contributed by atoms with Gasteiger partial charge in [0.2, 0.25) is 5.91 Å². The van der Waals surface area contributed by atoms with E-state index in [0.717, 1.165) is 54.5 Å². The first-order valence-electron chi connectivity index (χ1n) is 11.8. The van der Waals surface area contributed by atoms with Gasteiger partial charge in [0.05, 0.1) is 25.5 Å². The third-order valence-electron chi connectivity index (χ3n) is 6.80. The molecule has 2 saturated heterocycles. The average molecular weight is 472 g/mol. The molecule has 0 aliphatic carbocycles. The van der Waals surface area contributed by atoms with Gasteiger partial charge in [-0.25, -0.2) is 0 Å². The van der Waals surface area contributed by atoms with Crippen molar-refractivity contribution in [3.63, 3.8) is 0 Å². The van der Waals surface area contributed by atoms with E-state index in [1.165, 1.54) is 5.56 Å². The van der Waals surface area contributed by atoms with Crippen molar-refractivity contribution in [2.45, 2.75) is 39.7 Å². The second-order valence-electron chi connectivity index (χ2n) is 9.45. The molecule has 0 spiro atoms. The van der Waals surface area contributed by atoms with Crippen LogP contribution >= 0.6 is 11.6 Å². The summed E-state index contributed by atoms with van der Waals surface area (Å²) in [5, 5.41) is 0.731. The van der Waals surface area contributed by atoms with Gasteiger partial charge in [-0.1, -0.05) is 17.7 Å². The molecule has 7 heteroatoms. The van der Waals surface area contributed by atoms with Gasteiger partial charge in [0.15, 0.2) is 0 Å². The number of aromatic nitrogens is 1. The first kappa shape index (κ1) is 24.0. The Kier molecular flexibility index (Phi) is 7.89. The van der Waals surface area contributed by atoms with Crippen molar-refractivity contribution >= 4 is 17.5 Å². The van der Waals surface area contributed by atoms with Crippen LogP contribution in [0.3, 0.4) is 0 Å². The van der Waals surface area contributed by atoms with Crippen molar-refractivity contribution < 1.29 is 14.3 Å². The fourth-order valence-electron chi connectivity index (χ4n) is 4.84. The number of aryl methyl sites for hydroxylation is 2. The molecule has 6 nitrogen and oxygen atoms in total. The minimum absolute atomic E-state index is 0.199. The second-order valence-corrected chi connectivity index (χ2v) is 9.86. The Morgan fingerprint density at radius 2 is 2.00 bits per heavy atom. The van der Waals surface area contributed by atoms with Crippen LogP contribution in [0, 0.1) is 19.3 Å². The van der Waals surface area contributed by atoms with Gasteiger partial charge in [0, 0.05) is 49.2 Å². The van der Waals surface area contributed by atoms with Gasteiger partial charge in [0.25, 0.3) is 0 Å². The van der Waals surface area contributed by atoms with Gasteiger partial charge in [-0.2, -0.15) is 0 Å². The van der Waals surface area contributed by atoms with E-state index in [1.54, 1.807) is 0 Å². The molecule has 1 aromatic heterocycles. The van der Waals surface area contributed by atoms with E-state index in [-0.39, 0.29) is 11.3 Å². The molecule has 0 radical (unpaired) electrons. The quantitative estimate of drug-likeness (QED) is 0.603. The van der Waals surface area contributed by atoms with Crippen LogP contribution in [0.5, 0.6) is 5.75 Å². The number of morpholine rings is 1. The number of piperidine rings is 1. The molecule has 4 rings (SSSR count). The zero-order chi connectivity index (χ0) is 23.3. The Morgan fingerprint density at radius 3 is 2.76 bits per heavy atom. The average Bonchev–Trinajstić information content (AvgIpc) is 2.82. The largest absolute Gasteiger partial charge is 0.493 e. The summed E-state index contributed by atoms with van der Waals surface area (Å²) < 4.78 is 11.7. The topological polar surface area (TPSA) is 54.9 Å². The molecule has 0 saturated carbocycles. The van der Waals surface area contributed by atoms with E-state index in [2.05, 4.69) is 22.9 Å². The normalized spacial score (nSPS) is 21.7. The maximum absolute atomic E-state index is 13.3. The number of amides is 1. The van der Waals surface area contributed by atoms with Crippen molar-refractivity contribution in [1.29, 1.82) is 0 Å². The van der Waals surface area contributed by atoms with Crippen LogP contribution in [0.25, 0.3) is 0 Å². The number of hydrogen-bond acceptors (Lipinski definition) is 5. The molecule has 178 valence electrons. The Morgan fingerprint density at radius 1 is 1.18 bits per heavy atom. The van der Waals surface area contributed by atoms with E-state index < -0.39 is 0 Å². The molecule has 1 unspecified atom stereocenters. The number of carbonyl (C=O) groups excluding carboxylic acids is 1. The van der Waals surface area contributed by atoms with Gasteiger partial charge < -0.3 is 14.4 Å². The number of ether oxygens (including phenoxy) is 2. The number of benzene rings is 1. The lowest BCUT2D eigenvalue weighted by Gasteiger charge is -2.43. The highest BCUT2D eigenvalue weighted by Gasteiger charge is 2.40. The monoisotopic (exact) mass is 471 g/mol. The number of rotatable bonds is 7. The minimum Gasteiger partial charge on any atom is -0.493 e. The lowest BCUT2D eigenvalue weighted by Crippen LogP contribution is -2.50. The second kappa shape index (κ2) is 10.9. The molecule has 1 atom stereocenters. The first-order valence-corrected chi connectivity index (χ1v) is 12.2. The lowest BCUT2D eigenvalue weighted by atomic mass is 9.77. The third-order valence-corrected chi connectivity index (χ3v) is 7.22. The molecular weight excluding hydrogens is 438 g/mol. The van der Waals surface area contributed by atoms with Gasteiger partial charge in [0.1, 0.15) is 5.75 Å². The zero-order valence-electron chi connectivity index (χ0n) is 19.7. The van der Waals surface area contributed by atoms with Crippen molar-refractivity contribution in [3.8, 4) is 5.75 Å². The summed E-state index contributed by atoms with van der Waals surface area (Å²) in [4.78, 5) is 22.2. The summed E-state index contributed by atoms with van der Waals surface area (Å²) in [6, 6.07) is 9.83. The maximum atomic E-state index is 13.3. The summed E-state index contributed by atoms with van der Waals surface area (Å²) in [7, 11) is 0. The summed E-state index contributed by atoms with van der Waals surface area (Å²) in [5.41, 5.74) is 3.04. The van der Waals surface area contributed by atoms with Crippen molar-refractivity contribution in [2.75, 3.05) is 46.0 Å². The van der Waals surface area contributed by atoms with Gasteiger partial charge >= 0.3 is 0 Å². The predicted octanol–water partition coefficient (Wildman–Crippen LogP) is 4.26. The highest BCUT2D eigenvalue weighted by Crippen LogP contribution is 2.36. The van der Waals surface area contributed by atoms with Gasteiger partial charge in [-0.05, 0) is 68.6 Å². The van der Waals surface area contributed by atoms with Crippen LogP contribution in [0.1, 0.15) is 36.1 Å². The van der Waals surface area contributed by atoms with E-state index in [0.29, 0.717) is 39.3 Å². The smallest absolute Gasteiger partial charge is 0.223 e. The van der Waals surface area contributed by atoms with Crippen LogP contribution in [0.2, 0.25) is 5.02 Å². The highest BCUT2D eigenvalue weighted by molar-refractivity contribution is 6.31. The predicted molar refractivity (Wildman–Crippen MR) is 130 cm³/mol. The Balaban J connectivity index is 1.51. The van der Waals surface area contributed by atoms with Crippen molar-refractivity contribution in [2.24, 2.45) is 5.41 Å². The molecule has 0 N–H and O–H groups in total. The number of likely N-dealkylation sites (tertiary alicyclic amines) is 1. The van der Waals surface area contributed by atoms with Crippen LogP contribution in [0.4, 0.5) is 0 Å². The third kappa shape index (κ3) is 6.25. The molecule has 3 heterocycles. The van der Waals surface area contributed by atoms with Gasteiger partial charge in [-0.15, -0.1) is 0 Å². The highest BCUT2D eigenvalue weighted by atomic mass is 35.5. The van der Waals surface area contributed by atoms with E-state index >= 15 is 0 Å². The maximum Gasteiger partial charge on any atom is 0.223 e. The molecule has 2 aromatic rings. The minimum atomic E-state index is -0.246. The summed E-state index contributed by atoms with van der Waals surface area (Å²) in [6.07, 6.45) is 4.34. The van der Waals surface area contributed by atoms with Crippen LogP contribution < -0.4 is 4.74 Å². The van der Waals surface area contributed by atoms with Crippen LogP contribution in [-0.2, 0) is 16.1 Å². The number of carbonyl (C=O) groups is 1. The fourth-order valence-corrected chi connectivity index (χ4v) is 4.96. The Labute approximate surface area is 201 Å². The lowest BCUT2D eigenvalue weighted by molar-refractivity contribution is -0.139. The molecular formula is C26H34ClN3O3. The number of nitrogens with zero attached hydrogens (tertiary/aromatic N) is 3. The molecule has 33 heavy (non-hydrogen) atoms. The standard InChI is InChI=1S/C26H34ClN3O3/c1-20-5-3-9-28-24(20)17-29-10-4-8-26(18-29,16-25(31)30-11-13-32-14-12-30)19-33-22-6-7-23(27)21(2)15-22/h3,5-7,9,15H,4,8,10-14,16-19H2,1-2H3. The van der Waals surface area contributed by atoms with Crippen LogP contribution in [-0.4, -0.2) is 66.7 Å². The van der Waals surface area contributed by atoms with Crippen molar-refractivity contribution in [3.05, 3.63) is 58.4 Å². The Hall–Kier alpha value is -2.15. The SMILES string of the molecule is Cc1cc(OCC2(CC(=O)N3CCOCC3)CCCN(Cc3ncccc3C)C2)ccc1Cl. The molecule has 1 aromatic carbocycles. The van der Waals surface area contributed by atoms with Crippen molar-refractivity contribution in [1.82, 2.24) is 14.8 Å². The van der Waals surface area contributed by atoms with E-state index in [4.69, 9.17) is 21.1 Å². The molecule has 2 fully saturated rings. The molecule has 1 amide bonds. The molecule has 2 aliphatic rings. The molecule has 2 aliphatic heterocycles. The number of halogens is 1. The number of pyridine rings is 1. The first-order chi connectivity index (χ1) is 15.9. The molecule has 0 bridgehead atoms. The van der Waals surface area contributed by atoms with E-state index in [9.17, 15) is 4.79 Å². The van der Waals surface area contributed by atoms with Gasteiger partial charge in [-0.3, -0.25) is 14.7 Å². The van der Waals surface area contributed by atoms with E-state index in [1.807, 2.05) is 42.3 Å². The summed E-state index contributed by atoms with van der Waals surface area (Å²) in [5.74, 6) is 0.998.